The average Bonchev–Trinajstić information content (AvgIpc) is 2.85. The van der Waals surface area contributed by atoms with Gasteiger partial charge in [0.1, 0.15) is 12.1 Å². The van der Waals surface area contributed by atoms with E-state index in [4.69, 9.17) is 4.52 Å². The van der Waals surface area contributed by atoms with Gasteiger partial charge in [-0.2, -0.15) is 13.2 Å². The highest BCUT2D eigenvalue weighted by Crippen LogP contribution is 2.30. The van der Waals surface area contributed by atoms with Crippen LogP contribution in [0.15, 0.2) is 29.1 Å². The molecule has 7 heteroatoms. The van der Waals surface area contributed by atoms with Gasteiger partial charge in [0.15, 0.2) is 0 Å². The fraction of sp³-hybridized carbons (Fsp3) is 0.333. The van der Waals surface area contributed by atoms with Crippen molar-refractivity contribution in [2.45, 2.75) is 19.1 Å². The van der Waals surface area contributed by atoms with Gasteiger partial charge in [0.25, 0.3) is 0 Å². The molecule has 0 amide bonds. The monoisotopic (exact) mass is 269 g/mol. The predicted octanol–water partition coefficient (Wildman–Crippen LogP) is 2.65. The van der Waals surface area contributed by atoms with Crippen molar-refractivity contribution in [3.8, 4) is 0 Å². The summed E-state index contributed by atoms with van der Waals surface area (Å²) in [6.07, 6.45) is -1.23. The highest BCUT2D eigenvalue weighted by Gasteiger charge is 2.31. The molecule has 2 aromatic heterocycles. The molecule has 0 spiro atoms. The Balaban J connectivity index is 1.81. The summed E-state index contributed by atoms with van der Waals surface area (Å²) < 4.78 is 42.2. The number of nitrogens with zero attached hydrogens (tertiary/aromatic N) is 3. The third-order valence-electron chi connectivity index (χ3n) is 3.11. The second-order valence-electron chi connectivity index (χ2n) is 4.36. The summed E-state index contributed by atoms with van der Waals surface area (Å²) in [7, 11) is 0. The van der Waals surface area contributed by atoms with Crippen LogP contribution in [0.2, 0.25) is 0 Å². The lowest BCUT2D eigenvalue weighted by atomic mass is 10.1. The van der Waals surface area contributed by atoms with E-state index in [1.807, 2.05) is 4.90 Å². The van der Waals surface area contributed by atoms with Crippen LogP contribution in [-0.4, -0.2) is 16.7 Å². The lowest BCUT2D eigenvalue weighted by Crippen LogP contribution is -2.30. The summed E-state index contributed by atoms with van der Waals surface area (Å²) in [6.45, 7) is 1.22. The predicted molar refractivity (Wildman–Crippen MR) is 60.5 cm³/mol. The SMILES string of the molecule is FC(F)(F)c1ccc(N2CCc3nocc3C2)nc1. The number of hydrogen-bond acceptors (Lipinski definition) is 4. The van der Waals surface area contributed by atoms with Crippen molar-refractivity contribution in [2.75, 3.05) is 11.4 Å². The number of anilines is 1. The zero-order valence-corrected chi connectivity index (χ0v) is 9.81. The Morgan fingerprint density at radius 1 is 1.26 bits per heavy atom. The first-order valence-corrected chi connectivity index (χ1v) is 5.74. The normalized spacial score (nSPS) is 15.4. The molecule has 1 aliphatic heterocycles. The number of hydrogen-bond donors (Lipinski definition) is 0. The minimum atomic E-state index is -4.35. The van der Waals surface area contributed by atoms with Crippen molar-refractivity contribution < 1.29 is 17.7 Å². The fourth-order valence-electron chi connectivity index (χ4n) is 2.08. The van der Waals surface area contributed by atoms with Gasteiger partial charge in [-0.3, -0.25) is 0 Å². The molecule has 0 atom stereocenters. The van der Waals surface area contributed by atoms with Crippen LogP contribution >= 0.6 is 0 Å². The van der Waals surface area contributed by atoms with E-state index >= 15 is 0 Å². The molecule has 0 fully saturated rings. The van der Waals surface area contributed by atoms with Crippen molar-refractivity contribution in [2.24, 2.45) is 0 Å². The van der Waals surface area contributed by atoms with Gasteiger partial charge in [0.05, 0.1) is 11.3 Å². The fourth-order valence-corrected chi connectivity index (χ4v) is 2.08. The van der Waals surface area contributed by atoms with Crippen molar-refractivity contribution >= 4 is 5.82 Å². The molecular weight excluding hydrogens is 259 g/mol. The number of pyridine rings is 1. The lowest BCUT2D eigenvalue weighted by molar-refractivity contribution is -0.137. The zero-order chi connectivity index (χ0) is 13.5. The summed E-state index contributed by atoms with van der Waals surface area (Å²) in [4.78, 5) is 5.78. The van der Waals surface area contributed by atoms with Crippen LogP contribution in [0.1, 0.15) is 16.8 Å². The first kappa shape index (κ1) is 12.0. The average molecular weight is 269 g/mol. The quantitative estimate of drug-likeness (QED) is 0.798. The van der Waals surface area contributed by atoms with Crippen LogP contribution in [0, 0.1) is 0 Å². The highest BCUT2D eigenvalue weighted by atomic mass is 19.4. The summed E-state index contributed by atoms with van der Waals surface area (Å²) in [5, 5.41) is 3.86. The summed E-state index contributed by atoms with van der Waals surface area (Å²) in [5.74, 6) is 0.528. The first-order valence-electron chi connectivity index (χ1n) is 5.74. The van der Waals surface area contributed by atoms with Crippen LogP contribution in [0.3, 0.4) is 0 Å². The van der Waals surface area contributed by atoms with Crippen molar-refractivity contribution in [1.82, 2.24) is 10.1 Å². The van der Waals surface area contributed by atoms with Gasteiger partial charge in [-0.05, 0) is 12.1 Å². The summed E-state index contributed by atoms with van der Waals surface area (Å²) >= 11 is 0. The maximum atomic E-state index is 12.4. The molecule has 0 N–H and O–H groups in total. The van der Waals surface area contributed by atoms with E-state index in [2.05, 4.69) is 10.1 Å². The Labute approximate surface area is 106 Å². The number of halogens is 3. The molecule has 0 aliphatic carbocycles. The Bertz CT molecular complexity index is 577. The van der Waals surface area contributed by atoms with E-state index in [0.717, 1.165) is 23.5 Å². The Morgan fingerprint density at radius 3 is 2.79 bits per heavy atom. The first-order chi connectivity index (χ1) is 9.04. The molecule has 1 aliphatic rings. The van der Waals surface area contributed by atoms with Crippen LogP contribution < -0.4 is 4.90 Å². The molecule has 0 aromatic carbocycles. The van der Waals surface area contributed by atoms with Crippen molar-refractivity contribution in [1.29, 1.82) is 0 Å². The third-order valence-corrected chi connectivity index (χ3v) is 3.11. The molecule has 3 heterocycles. The van der Waals surface area contributed by atoms with Crippen LogP contribution in [0.5, 0.6) is 0 Å². The molecule has 0 radical (unpaired) electrons. The van der Waals surface area contributed by atoms with Crippen LogP contribution in [-0.2, 0) is 19.1 Å². The van der Waals surface area contributed by atoms with Crippen molar-refractivity contribution in [3.05, 3.63) is 41.4 Å². The van der Waals surface area contributed by atoms with E-state index < -0.39 is 11.7 Å². The number of fused-ring (bicyclic) bond motifs is 1. The summed E-state index contributed by atoms with van der Waals surface area (Å²) in [5.41, 5.74) is 1.12. The maximum absolute atomic E-state index is 12.4. The molecule has 3 rings (SSSR count). The van der Waals surface area contributed by atoms with Gasteiger partial charge in [-0.1, -0.05) is 5.16 Å². The molecule has 0 saturated heterocycles. The van der Waals surface area contributed by atoms with Gasteiger partial charge in [-0.15, -0.1) is 0 Å². The smallest absolute Gasteiger partial charge is 0.364 e. The number of alkyl halides is 3. The molecule has 2 aromatic rings. The zero-order valence-electron chi connectivity index (χ0n) is 9.81. The molecule has 0 unspecified atom stereocenters. The van der Waals surface area contributed by atoms with Crippen LogP contribution in [0.4, 0.5) is 19.0 Å². The molecule has 4 nitrogen and oxygen atoms in total. The molecule has 19 heavy (non-hydrogen) atoms. The Morgan fingerprint density at radius 2 is 2.11 bits per heavy atom. The molecule has 100 valence electrons. The van der Waals surface area contributed by atoms with Gasteiger partial charge in [-0.25, -0.2) is 4.98 Å². The second-order valence-corrected chi connectivity index (χ2v) is 4.36. The van der Waals surface area contributed by atoms with Crippen LogP contribution in [0.25, 0.3) is 0 Å². The van der Waals surface area contributed by atoms with Gasteiger partial charge < -0.3 is 9.42 Å². The van der Waals surface area contributed by atoms with Gasteiger partial charge in [0, 0.05) is 31.3 Å². The van der Waals surface area contributed by atoms with Gasteiger partial charge >= 0.3 is 6.18 Å². The largest absolute Gasteiger partial charge is 0.417 e. The van der Waals surface area contributed by atoms with E-state index in [1.165, 1.54) is 6.07 Å². The van der Waals surface area contributed by atoms with Gasteiger partial charge in [0.2, 0.25) is 0 Å². The van der Waals surface area contributed by atoms with E-state index in [-0.39, 0.29) is 0 Å². The standard InChI is InChI=1S/C12H10F3N3O/c13-12(14,15)9-1-2-11(16-5-9)18-4-3-10-8(6-18)7-19-17-10/h1-2,5,7H,3-4,6H2. The third kappa shape index (κ3) is 2.27. The molecule has 0 saturated carbocycles. The van der Waals surface area contributed by atoms with Crippen molar-refractivity contribution in [3.63, 3.8) is 0 Å². The highest BCUT2D eigenvalue weighted by molar-refractivity contribution is 5.43. The minimum absolute atomic E-state index is 0.528. The second kappa shape index (κ2) is 4.25. The Kier molecular flexibility index (Phi) is 2.69. The lowest BCUT2D eigenvalue weighted by Gasteiger charge is -2.26. The molecular formula is C12H10F3N3O. The number of aromatic nitrogens is 2. The van der Waals surface area contributed by atoms with E-state index in [0.29, 0.717) is 25.3 Å². The van der Waals surface area contributed by atoms with E-state index in [1.54, 1.807) is 6.26 Å². The maximum Gasteiger partial charge on any atom is 0.417 e. The number of rotatable bonds is 1. The minimum Gasteiger partial charge on any atom is -0.364 e. The molecule has 0 bridgehead atoms. The Hall–Kier alpha value is -2.05. The van der Waals surface area contributed by atoms with E-state index in [9.17, 15) is 13.2 Å². The topological polar surface area (TPSA) is 42.2 Å². The summed E-state index contributed by atoms with van der Waals surface area (Å²) in [6, 6.07) is 2.44.